The molecule has 0 saturated carbocycles. The van der Waals surface area contributed by atoms with Crippen molar-refractivity contribution in [1.29, 1.82) is 5.26 Å². The van der Waals surface area contributed by atoms with E-state index in [2.05, 4.69) is 11.4 Å². The summed E-state index contributed by atoms with van der Waals surface area (Å²) in [7, 11) is 0. The molecule has 0 fully saturated rings. The van der Waals surface area contributed by atoms with Gasteiger partial charge in [0.05, 0.1) is 5.69 Å². The highest BCUT2D eigenvalue weighted by Crippen LogP contribution is 2.55. The number of fused-ring (bicyclic) bond motifs is 1. The molecule has 164 valence electrons. The molecule has 1 atom stereocenters. The van der Waals surface area contributed by atoms with Crippen LogP contribution in [0.3, 0.4) is 0 Å². The highest BCUT2D eigenvalue weighted by Gasteiger charge is 2.44. The first kappa shape index (κ1) is 21.9. The van der Waals surface area contributed by atoms with E-state index in [1.807, 2.05) is 13.8 Å². The number of halogens is 1. The second kappa shape index (κ2) is 7.68. The number of nitriles is 1. The van der Waals surface area contributed by atoms with Gasteiger partial charge in [-0.05, 0) is 29.5 Å². The lowest BCUT2D eigenvalue weighted by atomic mass is 9.69. The molecule has 1 unspecified atom stereocenters. The minimum atomic E-state index is -0.625. The predicted molar refractivity (Wildman–Crippen MR) is 120 cm³/mol. The van der Waals surface area contributed by atoms with Crippen molar-refractivity contribution in [3.8, 4) is 6.07 Å². The molecule has 1 aliphatic heterocycles. The van der Waals surface area contributed by atoms with Crippen LogP contribution in [0.4, 0.5) is 15.1 Å². The minimum absolute atomic E-state index is 0.0448. The van der Waals surface area contributed by atoms with E-state index in [4.69, 9.17) is 0 Å². The monoisotopic (exact) mass is 451 g/mol. The minimum Gasteiger partial charge on any atom is -0.350 e. The number of anilines is 2. The zero-order valence-electron chi connectivity index (χ0n) is 18.2. The number of nitrogens with one attached hydrogen (secondary N) is 1. The average molecular weight is 452 g/mol. The van der Waals surface area contributed by atoms with Crippen molar-refractivity contribution >= 4 is 39.6 Å². The number of carbonyl (C=O) groups is 3. The quantitative estimate of drug-likeness (QED) is 0.704. The molecule has 0 spiro atoms. The first-order valence-electron chi connectivity index (χ1n) is 10.2. The normalized spacial score (nSPS) is 18.9. The van der Waals surface area contributed by atoms with Crippen LogP contribution in [0, 0.1) is 22.6 Å². The molecule has 0 saturated heterocycles. The maximum atomic E-state index is 13.7. The molecule has 0 bridgehead atoms. The van der Waals surface area contributed by atoms with Crippen LogP contribution in [0.1, 0.15) is 62.5 Å². The van der Waals surface area contributed by atoms with E-state index in [1.165, 1.54) is 26.0 Å². The largest absolute Gasteiger partial charge is 0.350 e. The Balaban J connectivity index is 2.04. The van der Waals surface area contributed by atoms with Crippen molar-refractivity contribution in [2.75, 3.05) is 10.2 Å². The Hall–Kier alpha value is -3.31. The van der Waals surface area contributed by atoms with Crippen molar-refractivity contribution in [3.05, 3.63) is 57.4 Å². The second-order valence-electron chi connectivity index (χ2n) is 8.95. The molecule has 4 rings (SSSR count). The smallest absolute Gasteiger partial charge is 0.230 e. The molecule has 32 heavy (non-hydrogen) atoms. The Morgan fingerprint density at radius 2 is 1.81 bits per heavy atom. The maximum absolute atomic E-state index is 13.7. The zero-order valence-corrected chi connectivity index (χ0v) is 19.0. The van der Waals surface area contributed by atoms with Gasteiger partial charge in [0.2, 0.25) is 11.8 Å². The third-order valence-electron chi connectivity index (χ3n) is 5.84. The first-order valence-corrected chi connectivity index (χ1v) is 11.0. The van der Waals surface area contributed by atoms with E-state index in [0.717, 1.165) is 21.9 Å². The number of allylic oxidation sites excluding steroid dienone is 2. The van der Waals surface area contributed by atoms with E-state index >= 15 is 0 Å². The number of rotatable bonds is 2. The van der Waals surface area contributed by atoms with Gasteiger partial charge in [-0.3, -0.25) is 14.4 Å². The molecule has 6 nitrogen and oxygen atoms in total. The van der Waals surface area contributed by atoms with Gasteiger partial charge in [-0.25, -0.2) is 9.29 Å². The number of thiophene rings is 1. The molecule has 1 aliphatic carbocycles. The number of amides is 2. The van der Waals surface area contributed by atoms with Gasteiger partial charge in [-0.1, -0.05) is 26.0 Å². The van der Waals surface area contributed by atoms with Crippen LogP contribution < -0.4 is 10.2 Å². The van der Waals surface area contributed by atoms with Gasteiger partial charge in [0, 0.05) is 43.0 Å². The predicted octanol–water partition coefficient (Wildman–Crippen LogP) is 4.86. The summed E-state index contributed by atoms with van der Waals surface area (Å²) in [5.74, 6) is -2.13. The standard InChI is InChI=1S/C24H22FN3O3S/c1-12(29)28(13(2)30)22-18(11-26)32-23-21(22)19(14-5-7-15(25)8-6-14)20-16(27-23)9-24(3,4)10-17(20)31/h5-8,19,27H,9-10H2,1-4H3. The topological polar surface area (TPSA) is 90.3 Å². The van der Waals surface area contributed by atoms with Gasteiger partial charge in [-0.2, -0.15) is 5.26 Å². The summed E-state index contributed by atoms with van der Waals surface area (Å²) in [6.45, 7) is 6.56. The molecule has 2 amide bonds. The lowest BCUT2D eigenvalue weighted by Crippen LogP contribution is -2.36. The third kappa shape index (κ3) is 3.53. The summed E-state index contributed by atoms with van der Waals surface area (Å²) in [4.78, 5) is 39.3. The summed E-state index contributed by atoms with van der Waals surface area (Å²) in [6.07, 6.45) is 0.970. The number of hydrogen-bond donors (Lipinski definition) is 1. The second-order valence-corrected chi connectivity index (χ2v) is 9.97. The fourth-order valence-corrected chi connectivity index (χ4v) is 5.73. The van der Waals surface area contributed by atoms with Crippen LogP contribution >= 0.6 is 11.3 Å². The number of ketones is 1. The molecule has 1 aromatic heterocycles. The fraction of sp³-hybridized carbons (Fsp3) is 0.333. The van der Waals surface area contributed by atoms with Crippen molar-refractivity contribution in [2.24, 2.45) is 5.41 Å². The van der Waals surface area contributed by atoms with Crippen LogP contribution in [-0.2, 0) is 14.4 Å². The van der Waals surface area contributed by atoms with E-state index in [1.54, 1.807) is 12.1 Å². The van der Waals surface area contributed by atoms with E-state index < -0.39 is 23.5 Å². The Morgan fingerprint density at radius 1 is 1.19 bits per heavy atom. The Bertz CT molecular complexity index is 1220. The van der Waals surface area contributed by atoms with Gasteiger partial charge >= 0.3 is 0 Å². The Labute approximate surface area is 189 Å². The van der Waals surface area contributed by atoms with Crippen LogP contribution in [0.15, 0.2) is 35.5 Å². The van der Waals surface area contributed by atoms with Crippen molar-refractivity contribution in [1.82, 2.24) is 0 Å². The Morgan fingerprint density at radius 3 is 2.38 bits per heavy atom. The van der Waals surface area contributed by atoms with Crippen LogP contribution in [0.2, 0.25) is 0 Å². The fourth-order valence-electron chi connectivity index (χ4n) is 4.68. The molecule has 1 N–H and O–H groups in total. The van der Waals surface area contributed by atoms with Gasteiger partial charge in [-0.15, -0.1) is 11.3 Å². The lowest BCUT2D eigenvalue weighted by molar-refractivity contribution is -0.124. The molecule has 8 heteroatoms. The highest BCUT2D eigenvalue weighted by molar-refractivity contribution is 7.17. The van der Waals surface area contributed by atoms with Gasteiger partial charge < -0.3 is 5.32 Å². The molecule has 0 radical (unpaired) electrons. The van der Waals surface area contributed by atoms with Gasteiger partial charge in [0.1, 0.15) is 21.8 Å². The molecular formula is C24H22FN3O3S. The van der Waals surface area contributed by atoms with E-state index in [9.17, 15) is 24.0 Å². The van der Waals surface area contributed by atoms with Gasteiger partial charge in [0.25, 0.3) is 0 Å². The summed E-state index contributed by atoms with van der Waals surface area (Å²) >= 11 is 1.15. The van der Waals surface area contributed by atoms with Crippen molar-refractivity contribution in [2.45, 2.75) is 46.5 Å². The van der Waals surface area contributed by atoms with Crippen molar-refractivity contribution in [3.63, 3.8) is 0 Å². The van der Waals surface area contributed by atoms with E-state index in [0.29, 0.717) is 34.5 Å². The number of Topliss-reactive ketones (excluding diaryl/α,β-unsaturated/α-hetero) is 1. The number of benzene rings is 1. The third-order valence-corrected chi connectivity index (χ3v) is 6.85. The lowest BCUT2D eigenvalue weighted by Gasteiger charge is -2.39. The molecule has 2 aromatic rings. The number of hydrogen-bond acceptors (Lipinski definition) is 6. The van der Waals surface area contributed by atoms with Gasteiger partial charge in [0.15, 0.2) is 5.78 Å². The molecule has 1 aromatic carbocycles. The Kier molecular flexibility index (Phi) is 5.25. The summed E-state index contributed by atoms with van der Waals surface area (Å²) < 4.78 is 13.7. The summed E-state index contributed by atoms with van der Waals surface area (Å²) in [5.41, 5.74) is 2.44. The van der Waals surface area contributed by atoms with Crippen LogP contribution in [-0.4, -0.2) is 17.6 Å². The van der Waals surface area contributed by atoms with Crippen molar-refractivity contribution < 1.29 is 18.8 Å². The zero-order chi connectivity index (χ0) is 23.4. The number of imide groups is 1. The molecule has 2 aliphatic rings. The maximum Gasteiger partial charge on any atom is 0.230 e. The summed E-state index contributed by atoms with van der Waals surface area (Å²) in [5, 5.41) is 13.8. The molecule has 2 heterocycles. The average Bonchev–Trinajstić information content (AvgIpc) is 3.03. The van der Waals surface area contributed by atoms with Crippen LogP contribution in [0.25, 0.3) is 0 Å². The highest BCUT2D eigenvalue weighted by atomic mass is 32.1. The van der Waals surface area contributed by atoms with E-state index in [-0.39, 0.29) is 21.8 Å². The first-order chi connectivity index (χ1) is 15.0. The summed E-state index contributed by atoms with van der Waals surface area (Å²) in [6, 6.07) is 7.95. The van der Waals surface area contributed by atoms with Crippen LogP contribution in [0.5, 0.6) is 0 Å². The SMILES string of the molecule is CC(=O)N(C(C)=O)c1c(C#N)sc2c1C(c1ccc(F)cc1)C1=C(CC(C)(C)CC1=O)N2. The number of carbonyl (C=O) groups excluding carboxylic acids is 3. The number of nitrogens with zero attached hydrogens (tertiary/aromatic N) is 2. The molecular weight excluding hydrogens is 429 g/mol.